The lowest BCUT2D eigenvalue weighted by atomic mass is 10.0. The summed E-state index contributed by atoms with van der Waals surface area (Å²) in [6, 6.07) is 22.3. The minimum absolute atomic E-state index is 0.0765. The van der Waals surface area contributed by atoms with E-state index in [2.05, 4.69) is 10.2 Å². The summed E-state index contributed by atoms with van der Waals surface area (Å²) in [5.41, 5.74) is 2.35. The average molecular weight is 460 g/mol. The molecule has 1 fully saturated rings. The van der Waals surface area contributed by atoms with Crippen LogP contribution in [0.25, 0.3) is 10.8 Å². The number of halogens is 1. The van der Waals surface area contributed by atoms with E-state index in [1.807, 2.05) is 54.6 Å². The zero-order chi connectivity index (χ0) is 22.8. The Bertz CT molecular complexity index is 1290. The molecule has 4 aromatic rings. The predicted octanol–water partition coefficient (Wildman–Crippen LogP) is 5.30. The van der Waals surface area contributed by atoms with E-state index >= 15 is 0 Å². The molecule has 0 bridgehead atoms. The molecular formula is C26H22ClN3O3. The Labute approximate surface area is 196 Å². The molecule has 1 aliphatic heterocycles. The third-order valence-electron chi connectivity index (χ3n) is 5.90. The molecule has 3 aromatic carbocycles. The molecule has 5 rings (SSSR count). The van der Waals surface area contributed by atoms with Gasteiger partial charge in [-0.3, -0.25) is 9.59 Å². The molecule has 166 valence electrons. The van der Waals surface area contributed by atoms with E-state index in [0.717, 1.165) is 35.2 Å². The summed E-state index contributed by atoms with van der Waals surface area (Å²) in [4.78, 5) is 29.4. The SMILES string of the molecule is O=C(Nc1ccc(N2CCN(C(=O)c3ccco3)CC2)cc1)c1cccc2c(Cl)cccc12. The first-order valence-corrected chi connectivity index (χ1v) is 11.1. The predicted molar refractivity (Wildman–Crippen MR) is 130 cm³/mol. The van der Waals surface area contributed by atoms with Crippen molar-refractivity contribution in [1.29, 1.82) is 0 Å². The van der Waals surface area contributed by atoms with Gasteiger partial charge in [-0.2, -0.15) is 0 Å². The zero-order valence-electron chi connectivity index (χ0n) is 17.8. The van der Waals surface area contributed by atoms with Crippen LogP contribution in [0.3, 0.4) is 0 Å². The van der Waals surface area contributed by atoms with E-state index < -0.39 is 0 Å². The van der Waals surface area contributed by atoms with E-state index in [-0.39, 0.29) is 11.8 Å². The van der Waals surface area contributed by atoms with Gasteiger partial charge in [0.1, 0.15) is 0 Å². The van der Waals surface area contributed by atoms with Gasteiger partial charge in [0.2, 0.25) is 0 Å². The highest BCUT2D eigenvalue weighted by Gasteiger charge is 2.23. The van der Waals surface area contributed by atoms with Crippen molar-refractivity contribution in [3.8, 4) is 0 Å². The molecule has 0 atom stereocenters. The zero-order valence-corrected chi connectivity index (χ0v) is 18.6. The molecule has 0 radical (unpaired) electrons. The summed E-state index contributed by atoms with van der Waals surface area (Å²) >= 11 is 6.27. The van der Waals surface area contributed by atoms with E-state index in [0.29, 0.717) is 29.4 Å². The minimum Gasteiger partial charge on any atom is -0.459 e. The smallest absolute Gasteiger partial charge is 0.289 e. The van der Waals surface area contributed by atoms with Gasteiger partial charge < -0.3 is 19.5 Å². The Morgan fingerprint density at radius 3 is 2.27 bits per heavy atom. The van der Waals surface area contributed by atoms with Crippen LogP contribution in [0.2, 0.25) is 5.02 Å². The first kappa shape index (κ1) is 21.1. The van der Waals surface area contributed by atoms with Crippen LogP contribution in [-0.4, -0.2) is 42.9 Å². The van der Waals surface area contributed by atoms with Crippen LogP contribution >= 0.6 is 11.6 Å². The number of piperazine rings is 1. The van der Waals surface area contributed by atoms with Crippen LogP contribution in [0.15, 0.2) is 83.5 Å². The number of benzene rings is 3. The molecular weight excluding hydrogens is 438 g/mol. The van der Waals surface area contributed by atoms with E-state index in [4.69, 9.17) is 16.0 Å². The van der Waals surface area contributed by atoms with E-state index in [1.165, 1.54) is 6.26 Å². The van der Waals surface area contributed by atoms with Crippen LogP contribution in [0.4, 0.5) is 11.4 Å². The normalized spacial score (nSPS) is 13.8. The third kappa shape index (κ3) is 4.30. The number of hydrogen-bond acceptors (Lipinski definition) is 4. The molecule has 33 heavy (non-hydrogen) atoms. The molecule has 0 unspecified atom stereocenters. The highest BCUT2D eigenvalue weighted by Crippen LogP contribution is 2.27. The lowest BCUT2D eigenvalue weighted by Gasteiger charge is -2.35. The maximum absolute atomic E-state index is 12.9. The number of carbonyl (C=O) groups excluding carboxylic acids is 2. The number of nitrogens with one attached hydrogen (secondary N) is 1. The van der Waals surface area contributed by atoms with Crippen molar-refractivity contribution in [2.45, 2.75) is 0 Å². The van der Waals surface area contributed by atoms with Gasteiger partial charge in [-0.05, 0) is 53.9 Å². The molecule has 0 saturated carbocycles. The monoisotopic (exact) mass is 459 g/mol. The molecule has 1 aliphatic rings. The van der Waals surface area contributed by atoms with E-state index in [1.54, 1.807) is 23.1 Å². The topological polar surface area (TPSA) is 65.8 Å². The van der Waals surface area contributed by atoms with Crippen molar-refractivity contribution in [3.05, 3.63) is 95.4 Å². The van der Waals surface area contributed by atoms with Crippen molar-refractivity contribution in [1.82, 2.24) is 4.90 Å². The summed E-state index contributed by atoms with van der Waals surface area (Å²) in [7, 11) is 0. The average Bonchev–Trinajstić information content (AvgIpc) is 3.39. The summed E-state index contributed by atoms with van der Waals surface area (Å²) in [6.07, 6.45) is 1.51. The van der Waals surface area contributed by atoms with Crippen molar-refractivity contribution in [2.24, 2.45) is 0 Å². The molecule has 6 nitrogen and oxygen atoms in total. The van der Waals surface area contributed by atoms with Crippen LogP contribution in [0, 0.1) is 0 Å². The molecule has 2 heterocycles. The first-order valence-electron chi connectivity index (χ1n) is 10.8. The summed E-state index contributed by atoms with van der Waals surface area (Å²) in [5.74, 6) is 0.116. The third-order valence-corrected chi connectivity index (χ3v) is 6.23. The second kappa shape index (κ2) is 9.00. The van der Waals surface area contributed by atoms with Gasteiger partial charge in [0.15, 0.2) is 5.76 Å². The maximum Gasteiger partial charge on any atom is 0.289 e. The van der Waals surface area contributed by atoms with Gasteiger partial charge in [0.05, 0.1) is 6.26 Å². The molecule has 0 aliphatic carbocycles. The van der Waals surface area contributed by atoms with Crippen LogP contribution in [0.1, 0.15) is 20.9 Å². The van der Waals surface area contributed by atoms with Crippen LogP contribution in [-0.2, 0) is 0 Å². The molecule has 2 amide bonds. The van der Waals surface area contributed by atoms with Crippen LogP contribution < -0.4 is 10.2 Å². The highest BCUT2D eigenvalue weighted by atomic mass is 35.5. The molecule has 1 N–H and O–H groups in total. The first-order chi connectivity index (χ1) is 16.1. The Hall–Kier alpha value is -3.77. The van der Waals surface area contributed by atoms with E-state index in [9.17, 15) is 9.59 Å². The lowest BCUT2D eigenvalue weighted by molar-refractivity contribution is 0.0714. The van der Waals surface area contributed by atoms with Crippen LogP contribution in [0.5, 0.6) is 0 Å². The number of fused-ring (bicyclic) bond motifs is 1. The van der Waals surface area contributed by atoms with Crippen molar-refractivity contribution >= 4 is 45.6 Å². The number of hydrogen-bond donors (Lipinski definition) is 1. The number of nitrogens with zero attached hydrogens (tertiary/aromatic N) is 2. The Kier molecular flexibility index (Phi) is 5.75. The lowest BCUT2D eigenvalue weighted by Crippen LogP contribution is -2.48. The van der Waals surface area contributed by atoms with Crippen molar-refractivity contribution in [2.75, 3.05) is 36.4 Å². The number of anilines is 2. The molecule has 7 heteroatoms. The molecule has 0 spiro atoms. The fourth-order valence-corrected chi connectivity index (χ4v) is 4.38. The number of furan rings is 1. The highest BCUT2D eigenvalue weighted by molar-refractivity contribution is 6.36. The summed E-state index contributed by atoms with van der Waals surface area (Å²) in [6.45, 7) is 2.72. The number of amides is 2. The van der Waals surface area contributed by atoms with Gasteiger partial charge in [-0.1, -0.05) is 35.9 Å². The minimum atomic E-state index is -0.180. The fraction of sp³-hybridized carbons (Fsp3) is 0.154. The van der Waals surface area contributed by atoms with Crippen molar-refractivity contribution in [3.63, 3.8) is 0 Å². The van der Waals surface area contributed by atoms with Gasteiger partial charge in [0.25, 0.3) is 11.8 Å². The van der Waals surface area contributed by atoms with Gasteiger partial charge >= 0.3 is 0 Å². The van der Waals surface area contributed by atoms with Gasteiger partial charge in [0, 0.05) is 53.5 Å². The Morgan fingerprint density at radius 1 is 0.818 bits per heavy atom. The van der Waals surface area contributed by atoms with Crippen molar-refractivity contribution < 1.29 is 14.0 Å². The summed E-state index contributed by atoms with van der Waals surface area (Å²) in [5, 5.41) is 5.27. The quantitative estimate of drug-likeness (QED) is 0.449. The second-order valence-electron chi connectivity index (χ2n) is 7.90. The maximum atomic E-state index is 12.9. The number of carbonyl (C=O) groups is 2. The second-order valence-corrected chi connectivity index (χ2v) is 8.31. The Balaban J connectivity index is 1.23. The standard InChI is InChI=1S/C26H22ClN3O3/c27-23-7-2-4-20-21(23)5-1-6-22(20)25(31)28-18-9-11-19(12-10-18)29-13-15-30(16-14-29)26(32)24-8-3-17-33-24/h1-12,17H,13-16H2,(H,28,31). The largest absolute Gasteiger partial charge is 0.459 e. The molecule has 1 aromatic heterocycles. The molecule has 1 saturated heterocycles. The van der Waals surface area contributed by atoms with Gasteiger partial charge in [-0.25, -0.2) is 0 Å². The number of rotatable bonds is 4. The Morgan fingerprint density at radius 2 is 1.55 bits per heavy atom. The fourth-order valence-electron chi connectivity index (χ4n) is 4.15. The summed E-state index contributed by atoms with van der Waals surface area (Å²) < 4.78 is 5.22. The van der Waals surface area contributed by atoms with Gasteiger partial charge in [-0.15, -0.1) is 0 Å².